The Bertz CT molecular complexity index is 2870. The molecule has 0 unspecified atom stereocenters. The highest BCUT2D eigenvalue weighted by Crippen LogP contribution is 3.02. The van der Waals surface area contributed by atoms with Crippen molar-refractivity contribution in [3.63, 3.8) is 0 Å². The SMILES string of the molecule is [C-]#[N+]C([N+]#[C-])=C1Cc2c(-c3ccc(S(F)(F)(F)(F)F)cc3)c3c(c(-c4ccc(S(F)(F)(F)(F)F)cc4)c2=C1c1ccc(F)cc1)CC(=C(C#N)C#N)C=3c1ccc(F)cc1. The second-order valence-corrected chi connectivity index (χ2v) is 18.5. The minimum Gasteiger partial charge on any atom is -0.207 e. The first kappa shape index (κ1) is 41.3. The van der Waals surface area contributed by atoms with E-state index < -0.39 is 66.1 Å². The normalized spacial score (nSPS) is 15.9. The smallest absolute Gasteiger partial charge is 0.207 e. The molecule has 0 aliphatic heterocycles. The van der Waals surface area contributed by atoms with E-state index in [0.29, 0.717) is 0 Å². The maximum Gasteiger partial charge on any atom is 0.523 e. The highest BCUT2D eigenvalue weighted by molar-refractivity contribution is 8.46. The Balaban J connectivity index is 1.82. The molecule has 304 valence electrons. The summed E-state index contributed by atoms with van der Waals surface area (Å²) in [6.07, 6.45) is -0.890. The number of nitriles is 2. The number of hydrogen-bond donors (Lipinski definition) is 0. The predicted octanol–water partition coefficient (Wildman–Crippen LogP) is 13.5. The van der Waals surface area contributed by atoms with E-state index in [2.05, 4.69) is 9.69 Å². The molecule has 2 aliphatic rings. The van der Waals surface area contributed by atoms with E-state index in [1.165, 1.54) is 24.3 Å². The van der Waals surface area contributed by atoms with Crippen molar-refractivity contribution in [2.75, 3.05) is 0 Å². The zero-order valence-electron chi connectivity index (χ0n) is 29.8. The van der Waals surface area contributed by atoms with E-state index in [9.17, 15) is 58.2 Å². The molecule has 0 spiro atoms. The van der Waals surface area contributed by atoms with E-state index >= 15 is 0 Å². The molecule has 0 aromatic heterocycles. The van der Waals surface area contributed by atoms with Gasteiger partial charge in [-0.3, -0.25) is 0 Å². The quantitative estimate of drug-likeness (QED) is 0.0969. The average Bonchev–Trinajstić information content (AvgIpc) is 3.73. The molecule has 0 N–H and O–H groups in total. The molecule has 0 bridgehead atoms. The van der Waals surface area contributed by atoms with Gasteiger partial charge in [-0.15, -0.1) is 0 Å². The number of nitrogens with zero attached hydrogens (tertiary/aromatic N) is 4. The molecule has 0 saturated heterocycles. The van der Waals surface area contributed by atoms with Gasteiger partial charge >= 0.3 is 26.3 Å². The highest BCUT2D eigenvalue weighted by Gasteiger charge is 2.66. The third-order valence-electron chi connectivity index (χ3n) is 9.97. The Kier molecular flexibility index (Phi) is 8.49. The molecule has 4 nitrogen and oxygen atoms in total. The van der Waals surface area contributed by atoms with Crippen LogP contribution in [0.3, 0.4) is 0 Å². The van der Waals surface area contributed by atoms with Gasteiger partial charge < -0.3 is 0 Å². The molecular weight excluding hydrogens is 853 g/mol. The maximum absolute atomic E-state index is 14.4. The van der Waals surface area contributed by atoms with Crippen molar-refractivity contribution in [2.45, 2.75) is 22.6 Å². The number of allylic oxidation sites excluding steroid dienone is 3. The molecule has 0 amide bonds. The first-order chi connectivity index (χ1) is 27.7. The fourth-order valence-electron chi connectivity index (χ4n) is 7.58. The van der Waals surface area contributed by atoms with Crippen LogP contribution in [0.25, 0.3) is 43.1 Å². The van der Waals surface area contributed by atoms with Crippen LogP contribution in [0, 0.1) is 47.4 Å². The Morgan fingerprint density at radius 2 is 0.800 bits per heavy atom. The van der Waals surface area contributed by atoms with Crippen molar-refractivity contribution in [2.24, 2.45) is 0 Å². The predicted molar refractivity (Wildman–Crippen MR) is 203 cm³/mol. The molecule has 18 heteroatoms. The maximum atomic E-state index is 14.4. The number of benzene rings is 5. The van der Waals surface area contributed by atoms with Crippen molar-refractivity contribution >= 4 is 31.6 Å². The molecule has 2 aliphatic carbocycles. The fourth-order valence-corrected chi connectivity index (χ4v) is 8.88. The second-order valence-electron chi connectivity index (χ2n) is 13.7. The van der Waals surface area contributed by atoms with Gasteiger partial charge in [0, 0.05) is 6.42 Å². The van der Waals surface area contributed by atoms with Crippen LogP contribution in [0.2, 0.25) is 0 Å². The molecular formula is C42H20F12N4S2. The Hall–Kier alpha value is -6.86. The lowest BCUT2D eigenvalue weighted by atomic mass is 9.86. The van der Waals surface area contributed by atoms with Crippen LogP contribution in [0.15, 0.2) is 129 Å². The minimum absolute atomic E-state index is 0.00101. The van der Waals surface area contributed by atoms with Crippen molar-refractivity contribution in [1.82, 2.24) is 0 Å². The number of hydrogen-bond acceptors (Lipinski definition) is 2. The summed E-state index contributed by atoms with van der Waals surface area (Å²) < 4.78 is 169. The number of rotatable bonds is 6. The van der Waals surface area contributed by atoms with E-state index in [-0.39, 0.29) is 102 Å². The van der Waals surface area contributed by atoms with Crippen LogP contribution < -0.4 is 10.4 Å². The lowest BCUT2D eigenvalue weighted by molar-refractivity contribution is 0.360. The topological polar surface area (TPSA) is 56.3 Å². The third kappa shape index (κ3) is 7.25. The van der Waals surface area contributed by atoms with Crippen molar-refractivity contribution in [3.05, 3.63) is 187 Å². The van der Waals surface area contributed by atoms with Crippen LogP contribution in [-0.4, -0.2) is 0 Å². The highest BCUT2D eigenvalue weighted by atomic mass is 32.5. The Labute approximate surface area is 332 Å². The van der Waals surface area contributed by atoms with Gasteiger partial charge in [-0.1, -0.05) is 87.4 Å². The molecule has 0 fully saturated rings. The number of fused-ring (bicyclic) bond motifs is 2. The molecule has 5 aromatic carbocycles. The Morgan fingerprint density at radius 3 is 1.12 bits per heavy atom. The molecule has 7 rings (SSSR count). The monoisotopic (exact) mass is 872 g/mol. The van der Waals surface area contributed by atoms with Gasteiger partial charge in [-0.25, -0.2) is 8.78 Å². The second kappa shape index (κ2) is 12.3. The van der Waals surface area contributed by atoms with E-state index in [1.54, 1.807) is 12.1 Å². The van der Waals surface area contributed by atoms with Gasteiger partial charge in [-0.05, 0) is 127 Å². The van der Waals surface area contributed by atoms with Gasteiger partial charge in [-0.2, -0.15) is 20.2 Å². The summed E-state index contributed by atoms with van der Waals surface area (Å²) in [7, 11) is -20.5. The fraction of sp³-hybridized carbons (Fsp3) is 0.0476. The average molecular weight is 873 g/mol. The first-order valence-electron chi connectivity index (χ1n) is 16.9. The van der Waals surface area contributed by atoms with Gasteiger partial charge in [0.1, 0.15) is 52.3 Å². The van der Waals surface area contributed by atoms with Crippen LogP contribution in [0.5, 0.6) is 0 Å². The van der Waals surface area contributed by atoms with Crippen molar-refractivity contribution in [1.29, 1.82) is 10.5 Å². The summed E-state index contributed by atoms with van der Waals surface area (Å²) in [4.78, 5) is 2.13. The lowest BCUT2D eigenvalue weighted by Crippen LogP contribution is -2.25. The summed E-state index contributed by atoms with van der Waals surface area (Å²) in [5, 5.41) is 20.2. The van der Waals surface area contributed by atoms with Crippen LogP contribution in [0.4, 0.5) is 47.6 Å². The zero-order valence-corrected chi connectivity index (χ0v) is 31.4. The molecule has 60 heavy (non-hydrogen) atoms. The molecule has 0 saturated carbocycles. The first-order valence-corrected chi connectivity index (χ1v) is 20.8. The minimum atomic E-state index is -10.3. The van der Waals surface area contributed by atoms with Gasteiger partial charge in [0.25, 0.3) is 0 Å². The molecule has 0 atom stereocenters. The van der Waals surface area contributed by atoms with E-state index in [4.69, 9.17) is 13.1 Å². The molecule has 0 radical (unpaired) electrons. The van der Waals surface area contributed by atoms with E-state index in [1.807, 2.05) is 0 Å². The van der Waals surface area contributed by atoms with Gasteiger partial charge in [0.2, 0.25) is 0 Å². The van der Waals surface area contributed by atoms with Crippen molar-refractivity contribution in [3.8, 4) is 34.4 Å². The third-order valence-corrected chi connectivity index (χ3v) is 12.3. The zero-order chi connectivity index (χ0) is 43.9. The summed E-state index contributed by atoms with van der Waals surface area (Å²) in [5.74, 6) is -2.04. The van der Waals surface area contributed by atoms with Crippen molar-refractivity contribution < 1.29 is 47.6 Å². The summed E-state index contributed by atoms with van der Waals surface area (Å²) >= 11 is 0. The standard InChI is InChI=1S/C42H20F12N4S2/c1-57-42(58-2)35-20-34-38(26-9-17-31(18-10-26)60(50,51,52,53)54)40-33(19-32(27(21-55)22-56)36(40)23-3-11-28(43)12-4-23)37(41(34)39(35)24-5-13-29(44)14-6-24)25-7-15-30(16-8-25)59(45,46,47,48)49/h3-18H,19-20H2. The Morgan fingerprint density at radius 1 is 0.483 bits per heavy atom. The number of halogens is 12. The summed E-state index contributed by atoms with van der Waals surface area (Å²) in [6, 6.07) is 15.9. The molecule has 0 heterocycles. The van der Waals surface area contributed by atoms with E-state index in [0.717, 1.165) is 48.5 Å². The van der Waals surface area contributed by atoms with Gasteiger partial charge in [0.05, 0.1) is 5.57 Å². The van der Waals surface area contributed by atoms with Crippen LogP contribution in [-0.2, 0) is 12.8 Å². The largest absolute Gasteiger partial charge is 0.523 e. The van der Waals surface area contributed by atoms with Gasteiger partial charge in [0.15, 0.2) is 0 Å². The lowest BCUT2D eigenvalue weighted by Gasteiger charge is -2.40. The van der Waals surface area contributed by atoms with Crippen LogP contribution in [0.1, 0.15) is 22.3 Å². The summed E-state index contributed by atoms with van der Waals surface area (Å²) in [5.41, 5.74) is -0.831. The summed E-state index contributed by atoms with van der Waals surface area (Å²) in [6.45, 7) is 15.7. The molecule has 5 aromatic rings. The van der Waals surface area contributed by atoms with Crippen LogP contribution >= 0.6 is 20.4 Å².